The highest BCUT2D eigenvalue weighted by Gasteiger charge is 2.23. The normalized spacial score (nSPS) is 15.7. The zero-order valence-corrected chi connectivity index (χ0v) is 11.5. The average Bonchev–Trinajstić information content (AvgIpc) is 2.91. The van der Waals surface area contributed by atoms with Gasteiger partial charge in [0.15, 0.2) is 0 Å². The smallest absolute Gasteiger partial charge is 0.225 e. The molecule has 0 saturated carbocycles. The van der Waals surface area contributed by atoms with Gasteiger partial charge in [-0.05, 0) is 29.8 Å². The number of hydrogen-bond donors (Lipinski definition) is 2. The summed E-state index contributed by atoms with van der Waals surface area (Å²) >= 11 is 0. The number of nitrogens with zero attached hydrogens (tertiary/aromatic N) is 1. The van der Waals surface area contributed by atoms with E-state index in [-0.39, 0.29) is 11.8 Å². The summed E-state index contributed by atoms with van der Waals surface area (Å²) in [4.78, 5) is 12.2. The van der Waals surface area contributed by atoms with Gasteiger partial charge >= 0.3 is 0 Å². The first-order chi connectivity index (χ1) is 10.3. The van der Waals surface area contributed by atoms with Crippen molar-refractivity contribution in [2.24, 2.45) is 0 Å². The van der Waals surface area contributed by atoms with Crippen molar-refractivity contribution in [1.29, 1.82) is 5.26 Å². The molecule has 3 rings (SSSR count). The number of anilines is 2. The van der Waals surface area contributed by atoms with Crippen molar-refractivity contribution in [3.05, 3.63) is 59.7 Å². The molecule has 0 fully saturated rings. The van der Waals surface area contributed by atoms with Gasteiger partial charge in [-0.1, -0.05) is 24.3 Å². The lowest BCUT2D eigenvalue weighted by Crippen LogP contribution is -2.16. The Balaban J connectivity index is 1.66. The molecule has 2 aromatic rings. The molecule has 1 amide bonds. The van der Waals surface area contributed by atoms with Crippen LogP contribution >= 0.6 is 0 Å². The first-order valence-electron chi connectivity index (χ1n) is 6.89. The van der Waals surface area contributed by atoms with E-state index >= 15 is 0 Å². The number of hydrogen-bond acceptors (Lipinski definition) is 3. The van der Waals surface area contributed by atoms with Crippen LogP contribution in [0.3, 0.4) is 0 Å². The minimum Gasteiger partial charge on any atom is -0.384 e. The van der Waals surface area contributed by atoms with Crippen molar-refractivity contribution < 1.29 is 4.79 Å². The molecular formula is C17H15N3O. The lowest BCUT2D eigenvalue weighted by atomic mass is 9.97. The molecule has 4 nitrogen and oxygen atoms in total. The second-order valence-corrected chi connectivity index (χ2v) is 5.11. The quantitative estimate of drug-likeness (QED) is 0.906. The van der Waals surface area contributed by atoms with Crippen LogP contribution in [0.1, 0.15) is 23.5 Å². The highest BCUT2D eigenvalue weighted by atomic mass is 16.1. The Bertz CT molecular complexity index is 718. The summed E-state index contributed by atoms with van der Waals surface area (Å²) in [6.07, 6.45) is 0.431. The number of rotatable bonds is 3. The van der Waals surface area contributed by atoms with Crippen LogP contribution in [0.25, 0.3) is 0 Å². The zero-order valence-electron chi connectivity index (χ0n) is 11.5. The van der Waals surface area contributed by atoms with Gasteiger partial charge in [0, 0.05) is 30.3 Å². The van der Waals surface area contributed by atoms with E-state index in [1.807, 2.05) is 18.2 Å². The largest absolute Gasteiger partial charge is 0.384 e. The number of benzene rings is 2. The summed E-state index contributed by atoms with van der Waals surface area (Å²) in [7, 11) is 0. The summed E-state index contributed by atoms with van der Waals surface area (Å²) in [5, 5.41) is 15.0. The van der Waals surface area contributed by atoms with Gasteiger partial charge in [-0.15, -0.1) is 0 Å². The highest BCUT2D eigenvalue weighted by molar-refractivity contribution is 5.91. The predicted molar refractivity (Wildman–Crippen MR) is 82.1 cm³/mol. The minimum absolute atomic E-state index is 0.0337. The molecule has 1 unspecified atom stereocenters. The molecule has 1 heterocycles. The molecule has 0 aromatic heterocycles. The van der Waals surface area contributed by atoms with Crippen LogP contribution in [0.4, 0.5) is 11.4 Å². The molecule has 4 heteroatoms. The number of nitriles is 1. The van der Waals surface area contributed by atoms with E-state index in [1.54, 1.807) is 24.3 Å². The summed E-state index contributed by atoms with van der Waals surface area (Å²) in [5.41, 5.74) is 3.51. The number of carbonyl (C=O) groups is 1. The number of nitrogens with one attached hydrogen (secondary N) is 2. The Hall–Kier alpha value is -2.80. The maximum absolute atomic E-state index is 12.2. The molecule has 0 bridgehead atoms. The molecule has 1 atom stereocenters. The van der Waals surface area contributed by atoms with Crippen LogP contribution in [0.15, 0.2) is 48.5 Å². The molecule has 104 valence electrons. The van der Waals surface area contributed by atoms with Crippen molar-refractivity contribution in [2.45, 2.75) is 12.3 Å². The molecular weight excluding hydrogens is 262 g/mol. The summed E-state index contributed by atoms with van der Waals surface area (Å²) in [6, 6.07) is 17.1. The first-order valence-corrected chi connectivity index (χ1v) is 6.89. The van der Waals surface area contributed by atoms with Crippen LogP contribution < -0.4 is 10.6 Å². The van der Waals surface area contributed by atoms with Crippen molar-refractivity contribution in [3.63, 3.8) is 0 Å². The number of fused-ring (bicyclic) bond motifs is 1. The Morgan fingerprint density at radius 2 is 2.14 bits per heavy atom. The second kappa shape index (κ2) is 5.68. The third-order valence-electron chi connectivity index (χ3n) is 3.65. The Morgan fingerprint density at radius 3 is 3.00 bits per heavy atom. The minimum atomic E-state index is -0.0337. The monoisotopic (exact) mass is 277 g/mol. The number of para-hydroxylation sites is 1. The van der Waals surface area contributed by atoms with Crippen LogP contribution in [0, 0.1) is 11.3 Å². The lowest BCUT2D eigenvalue weighted by molar-refractivity contribution is -0.116. The van der Waals surface area contributed by atoms with E-state index < -0.39 is 0 Å². The van der Waals surface area contributed by atoms with E-state index in [2.05, 4.69) is 22.8 Å². The molecule has 2 aromatic carbocycles. The van der Waals surface area contributed by atoms with Gasteiger partial charge in [0.2, 0.25) is 5.91 Å². The first kappa shape index (κ1) is 13.2. The maximum Gasteiger partial charge on any atom is 0.225 e. The van der Waals surface area contributed by atoms with Gasteiger partial charge in [0.1, 0.15) is 0 Å². The third kappa shape index (κ3) is 2.87. The topological polar surface area (TPSA) is 64.9 Å². The van der Waals surface area contributed by atoms with Crippen LogP contribution in [0.2, 0.25) is 0 Å². The van der Waals surface area contributed by atoms with Gasteiger partial charge in [-0.25, -0.2) is 0 Å². The lowest BCUT2D eigenvalue weighted by Gasteiger charge is -2.10. The van der Waals surface area contributed by atoms with Crippen LogP contribution in [-0.2, 0) is 4.79 Å². The van der Waals surface area contributed by atoms with E-state index in [0.717, 1.165) is 12.2 Å². The molecule has 1 aliphatic heterocycles. The van der Waals surface area contributed by atoms with Gasteiger partial charge in [-0.2, -0.15) is 5.26 Å². The van der Waals surface area contributed by atoms with E-state index in [9.17, 15) is 4.79 Å². The molecule has 0 saturated heterocycles. The van der Waals surface area contributed by atoms with E-state index in [4.69, 9.17) is 5.26 Å². The molecule has 0 radical (unpaired) electrons. The van der Waals surface area contributed by atoms with Gasteiger partial charge in [0.05, 0.1) is 11.6 Å². The molecule has 2 N–H and O–H groups in total. The Kier molecular flexibility index (Phi) is 3.57. The molecule has 21 heavy (non-hydrogen) atoms. The number of amides is 1. The summed E-state index contributed by atoms with van der Waals surface area (Å²) in [6.45, 7) is 0.783. The fourth-order valence-corrected chi connectivity index (χ4v) is 2.64. The Morgan fingerprint density at radius 1 is 1.29 bits per heavy atom. The fourth-order valence-electron chi connectivity index (χ4n) is 2.64. The maximum atomic E-state index is 12.2. The Labute approximate surface area is 123 Å². The second-order valence-electron chi connectivity index (χ2n) is 5.11. The van der Waals surface area contributed by atoms with E-state index in [1.165, 1.54) is 5.56 Å². The van der Waals surface area contributed by atoms with E-state index in [0.29, 0.717) is 17.7 Å². The molecule has 1 aliphatic rings. The van der Waals surface area contributed by atoms with Crippen LogP contribution in [0.5, 0.6) is 0 Å². The van der Waals surface area contributed by atoms with Crippen molar-refractivity contribution >= 4 is 17.3 Å². The SMILES string of the molecule is N#Cc1cccc(NC(=O)CC2CNc3ccccc32)c1. The highest BCUT2D eigenvalue weighted by Crippen LogP contribution is 2.33. The van der Waals surface area contributed by atoms with Crippen molar-refractivity contribution in [2.75, 3.05) is 17.2 Å². The molecule has 0 spiro atoms. The van der Waals surface area contributed by atoms with Crippen LogP contribution in [-0.4, -0.2) is 12.5 Å². The van der Waals surface area contributed by atoms with Gasteiger partial charge in [0.25, 0.3) is 0 Å². The standard InChI is InChI=1S/C17H15N3O/c18-10-12-4-3-5-14(8-12)20-17(21)9-13-11-19-16-7-2-1-6-15(13)16/h1-8,13,19H,9,11H2,(H,20,21). The van der Waals surface area contributed by atoms with Crippen molar-refractivity contribution in [1.82, 2.24) is 0 Å². The summed E-state index contributed by atoms with van der Waals surface area (Å²) in [5.74, 6) is 0.161. The van der Waals surface area contributed by atoms with Gasteiger partial charge < -0.3 is 10.6 Å². The summed E-state index contributed by atoms with van der Waals surface area (Å²) < 4.78 is 0. The predicted octanol–water partition coefficient (Wildman–Crippen LogP) is 3.10. The van der Waals surface area contributed by atoms with Crippen molar-refractivity contribution in [3.8, 4) is 6.07 Å². The third-order valence-corrected chi connectivity index (χ3v) is 3.65. The number of carbonyl (C=O) groups excluding carboxylic acids is 1. The zero-order chi connectivity index (χ0) is 14.7. The fraction of sp³-hybridized carbons (Fsp3) is 0.176. The average molecular weight is 277 g/mol. The molecule has 0 aliphatic carbocycles. The van der Waals surface area contributed by atoms with Gasteiger partial charge in [-0.3, -0.25) is 4.79 Å².